The quantitative estimate of drug-likeness (QED) is 0.191. The predicted octanol–water partition coefficient (Wildman–Crippen LogP) is 10.2. The molecule has 2 N–H and O–H groups in total. The van der Waals surface area contributed by atoms with Crippen molar-refractivity contribution in [2.75, 3.05) is 0 Å². The van der Waals surface area contributed by atoms with E-state index in [2.05, 4.69) is 68.8 Å². The van der Waals surface area contributed by atoms with Crippen molar-refractivity contribution < 1.29 is 8.78 Å². The third-order valence-corrected chi connectivity index (χ3v) is 6.38. The summed E-state index contributed by atoms with van der Waals surface area (Å²) in [5, 5.41) is 0. The van der Waals surface area contributed by atoms with Crippen molar-refractivity contribution >= 4 is 5.70 Å². The van der Waals surface area contributed by atoms with Crippen molar-refractivity contribution in [1.29, 1.82) is 0 Å². The number of hydrogen-bond acceptors (Lipinski definition) is 1. The first-order chi connectivity index (χ1) is 19.1. The van der Waals surface area contributed by atoms with Crippen LogP contribution in [0.1, 0.15) is 48.9 Å². The van der Waals surface area contributed by atoms with Gasteiger partial charge in [0.05, 0.1) is 0 Å². The lowest BCUT2D eigenvalue weighted by molar-refractivity contribution is 0.507. The molecule has 0 aliphatic carbocycles. The minimum Gasteiger partial charge on any atom is -0.399 e. The second-order valence-electron chi connectivity index (χ2n) is 9.84. The Hall–Kier alpha value is -4.24. The fourth-order valence-corrected chi connectivity index (χ4v) is 4.25. The molecule has 0 amide bonds. The Balaban J connectivity index is 0.00000178. The van der Waals surface area contributed by atoms with E-state index in [4.69, 9.17) is 5.73 Å². The Morgan fingerprint density at radius 2 is 1.55 bits per heavy atom. The molecule has 0 unspecified atom stereocenters. The summed E-state index contributed by atoms with van der Waals surface area (Å²) in [6, 6.07) is 18.9. The molecule has 0 spiro atoms. The predicted molar refractivity (Wildman–Crippen MR) is 170 cm³/mol. The number of aryl methyl sites for hydroxylation is 3. The van der Waals surface area contributed by atoms with E-state index >= 15 is 0 Å². The summed E-state index contributed by atoms with van der Waals surface area (Å²) < 4.78 is 26.5. The van der Waals surface area contributed by atoms with E-state index in [0.717, 1.165) is 63.8 Å². The van der Waals surface area contributed by atoms with Gasteiger partial charge in [-0.05, 0) is 104 Å². The highest BCUT2D eigenvalue weighted by molar-refractivity contribution is 5.72. The molecule has 3 heteroatoms. The normalized spacial score (nSPS) is 11.1. The minimum absolute atomic E-state index is 0.573. The van der Waals surface area contributed by atoms with Crippen LogP contribution in [0, 0.1) is 18.6 Å². The second kappa shape index (κ2) is 16.0. The van der Waals surface area contributed by atoms with Crippen LogP contribution >= 0.6 is 0 Å². The van der Waals surface area contributed by atoms with Gasteiger partial charge in [0.2, 0.25) is 0 Å². The molecule has 3 rings (SSSR count). The van der Waals surface area contributed by atoms with Crippen molar-refractivity contribution in [1.82, 2.24) is 0 Å². The number of nitrogens with two attached hydrogens (primary N) is 1. The third kappa shape index (κ3) is 9.81. The average Bonchev–Trinajstić information content (AvgIpc) is 2.91. The summed E-state index contributed by atoms with van der Waals surface area (Å²) in [5.41, 5.74) is 15.9. The van der Waals surface area contributed by atoms with E-state index in [-0.39, 0.29) is 0 Å². The summed E-state index contributed by atoms with van der Waals surface area (Å²) in [6.45, 7) is 21.6. The summed E-state index contributed by atoms with van der Waals surface area (Å²) in [7, 11) is 0. The lowest BCUT2D eigenvalue weighted by atomic mass is 9.93. The van der Waals surface area contributed by atoms with Crippen LogP contribution in [0.15, 0.2) is 128 Å². The van der Waals surface area contributed by atoms with Crippen molar-refractivity contribution in [3.05, 3.63) is 162 Å². The first kappa shape index (κ1) is 32.0. The molecule has 0 saturated carbocycles. The van der Waals surface area contributed by atoms with Crippen molar-refractivity contribution in [3.63, 3.8) is 0 Å². The van der Waals surface area contributed by atoms with Gasteiger partial charge in [0.15, 0.2) is 11.6 Å². The first-order valence-electron chi connectivity index (χ1n) is 13.4. The van der Waals surface area contributed by atoms with Crippen molar-refractivity contribution in [2.45, 2.75) is 46.5 Å². The van der Waals surface area contributed by atoms with Crippen LogP contribution in [0.3, 0.4) is 0 Å². The highest BCUT2D eigenvalue weighted by Crippen LogP contribution is 2.27. The lowest BCUT2D eigenvalue weighted by Gasteiger charge is -2.12. The molecule has 0 bridgehead atoms. The topological polar surface area (TPSA) is 26.0 Å². The Morgan fingerprint density at radius 3 is 2.20 bits per heavy atom. The van der Waals surface area contributed by atoms with Gasteiger partial charge in [0.25, 0.3) is 0 Å². The van der Waals surface area contributed by atoms with Gasteiger partial charge >= 0.3 is 0 Å². The molecule has 0 aliphatic rings. The lowest BCUT2D eigenvalue weighted by Crippen LogP contribution is -1.97. The molecule has 0 atom stereocenters. The highest BCUT2D eigenvalue weighted by atomic mass is 19.2. The maximum Gasteiger partial charge on any atom is 0.159 e. The van der Waals surface area contributed by atoms with Crippen molar-refractivity contribution in [2.24, 2.45) is 5.73 Å². The molecule has 3 aromatic rings. The van der Waals surface area contributed by atoms with Crippen LogP contribution in [0.2, 0.25) is 0 Å². The summed E-state index contributed by atoms with van der Waals surface area (Å²) >= 11 is 0. The zero-order valence-electron chi connectivity index (χ0n) is 24.1. The van der Waals surface area contributed by atoms with Gasteiger partial charge < -0.3 is 5.73 Å². The number of allylic oxidation sites excluding steroid dienone is 7. The van der Waals surface area contributed by atoms with E-state index in [1.54, 1.807) is 12.1 Å². The SMILES string of the molecule is C=C(C)/C(=C\C=C/CCc1ccc(F)c(F)c1)C(=C)CCc1cccc(-c2ccc(C)c(C(=C)N)c2)c1.C=CC. The fraction of sp³-hybridized carbons (Fsp3) is 0.189. The van der Waals surface area contributed by atoms with Gasteiger partial charge in [-0.3, -0.25) is 0 Å². The maximum atomic E-state index is 13.4. The molecule has 0 fully saturated rings. The number of rotatable bonds is 11. The Morgan fingerprint density at radius 1 is 0.875 bits per heavy atom. The second-order valence-corrected chi connectivity index (χ2v) is 9.84. The van der Waals surface area contributed by atoms with Gasteiger partial charge in [-0.1, -0.05) is 92.1 Å². The smallest absolute Gasteiger partial charge is 0.159 e. The molecule has 0 saturated heterocycles. The average molecular weight is 538 g/mol. The van der Waals surface area contributed by atoms with E-state index in [0.29, 0.717) is 12.1 Å². The molecular formula is C37H41F2N. The van der Waals surface area contributed by atoms with E-state index in [1.807, 2.05) is 39.0 Å². The maximum absolute atomic E-state index is 13.4. The van der Waals surface area contributed by atoms with Gasteiger partial charge in [-0.2, -0.15) is 0 Å². The Bertz CT molecular complexity index is 1420. The van der Waals surface area contributed by atoms with Crippen LogP contribution in [-0.4, -0.2) is 0 Å². The van der Waals surface area contributed by atoms with E-state index in [1.165, 1.54) is 17.7 Å². The third-order valence-electron chi connectivity index (χ3n) is 6.38. The van der Waals surface area contributed by atoms with Crippen LogP contribution < -0.4 is 5.73 Å². The van der Waals surface area contributed by atoms with Crippen LogP contribution in [-0.2, 0) is 12.8 Å². The first-order valence-corrected chi connectivity index (χ1v) is 13.4. The standard InChI is InChI=1S/C34H35F2N.C3H6/c1-23(2)31(13-8-6-7-10-28-17-19-33(35)34(36)21-28)24(3)14-16-27-11-9-12-29(20-27)30-18-15-25(4)32(22-30)26(5)37;1-3-2/h6,8-9,11-13,15,17-22H,1,3,5,7,10,14,16,37H2,2,4H3;3H,1H2,2H3/b8-6-,31-13+;. The van der Waals surface area contributed by atoms with Crippen LogP contribution in [0.4, 0.5) is 8.78 Å². The molecule has 0 heterocycles. The Labute approximate surface area is 239 Å². The van der Waals surface area contributed by atoms with E-state index < -0.39 is 11.6 Å². The summed E-state index contributed by atoms with van der Waals surface area (Å²) in [4.78, 5) is 0. The van der Waals surface area contributed by atoms with Crippen molar-refractivity contribution in [3.8, 4) is 11.1 Å². The van der Waals surface area contributed by atoms with Gasteiger partial charge in [0, 0.05) is 11.3 Å². The molecule has 0 aliphatic heterocycles. The number of halogens is 2. The largest absolute Gasteiger partial charge is 0.399 e. The van der Waals surface area contributed by atoms with Crippen LogP contribution in [0.25, 0.3) is 16.8 Å². The molecule has 0 radical (unpaired) electrons. The zero-order chi connectivity index (χ0) is 29.7. The number of benzene rings is 3. The van der Waals surface area contributed by atoms with E-state index in [9.17, 15) is 8.78 Å². The van der Waals surface area contributed by atoms with Gasteiger partial charge in [-0.15, -0.1) is 6.58 Å². The van der Waals surface area contributed by atoms with Crippen LogP contribution in [0.5, 0.6) is 0 Å². The molecule has 40 heavy (non-hydrogen) atoms. The zero-order valence-corrected chi connectivity index (χ0v) is 24.1. The molecular weight excluding hydrogens is 496 g/mol. The summed E-state index contributed by atoms with van der Waals surface area (Å²) in [5.74, 6) is -1.63. The summed E-state index contributed by atoms with van der Waals surface area (Å²) in [6.07, 6.45) is 10.8. The van der Waals surface area contributed by atoms with Gasteiger partial charge in [-0.25, -0.2) is 8.78 Å². The molecule has 208 valence electrons. The number of hydrogen-bond donors (Lipinski definition) is 1. The Kier molecular flexibility index (Phi) is 12.8. The molecule has 1 nitrogen and oxygen atoms in total. The molecule has 0 aromatic heterocycles. The minimum atomic E-state index is -0.819. The fourth-order valence-electron chi connectivity index (χ4n) is 4.25. The van der Waals surface area contributed by atoms with Gasteiger partial charge in [0.1, 0.15) is 0 Å². The molecule has 3 aromatic carbocycles. The highest BCUT2D eigenvalue weighted by Gasteiger charge is 2.07. The monoisotopic (exact) mass is 537 g/mol.